The van der Waals surface area contributed by atoms with Crippen molar-refractivity contribution in [2.75, 3.05) is 0 Å². The van der Waals surface area contributed by atoms with E-state index in [0.717, 1.165) is 11.1 Å². The van der Waals surface area contributed by atoms with Crippen LogP contribution in [0.15, 0.2) is 47.6 Å². The smallest absolute Gasteiger partial charge is 0.216 e. The first-order chi connectivity index (χ1) is 12.0. The van der Waals surface area contributed by atoms with Gasteiger partial charge in [-0.3, -0.25) is 5.10 Å². The van der Waals surface area contributed by atoms with Gasteiger partial charge in [-0.15, -0.1) is 0 Å². The second kappa shape index (κ2) is 7.82. The van der Waals surface area contributed by atoms with Crippen LogP contribution in [0.1, 0.15) is 17.0 Å². The maximum Gasteiger partial charge on any atom is 0.216 e. The van der Waals surface area contributed by atoms with Crippen molar-refractivity contribution in [1.82, 2.24) is 14.9 Å². The number of hydrogen-bond donors (Lipinski definition) is 1. The largest absolute Gasteiger partial charge is 0.489 e. The highest BCUT2D eigenvalue weighted by atomic mass is 35.5. The van der Waals surface area contributed by atoms with Crippen molar-refractivity contribution < 1.29 is 4.74 Å². The number of aromatic nitrogens is 3. The van der Waals surface area contributed by atoms with Crippen LogP contribution in [0.2, 0.25) is 10.0 Å². The Bertz CT molecular complexity index is 961. The molecule has 0 bridgehead atoms. The highest BCUT2D eigenvalue weighted by Gasteiger charge is 2.06. The minimum Gasteiger partial charge on any atom is -0.489 e. The molecule has 25 heavy (non-hydrogen) atoms. The van der Waals surface area contributed by atoms with Crippen LogP contribution >= 0.6 is 35.4 Å². The Morgan fingerprint density at radius 2 is 1.96 bits per heavy atom. The number of ether oxygens (including phenoxy) is 1. The summed E-state index contributed by atoms with van der Waals surface area (Å²) in [4.78, 5) is 0. The predicted molar refractivity (Wildman–Crippen MR) is 102 cm³/mol. The van der Waals surface area contributed by atoms with Crippen LogP contribution in [0.5, 0.6) is 5.75 Å². The van der Waals surface area contributed by atoms with E-state index in [9.17, 15) is 0 Å². The number of hydrogen-bond acceptors (Lipinski definition) is 4. The Hall–Kier alpha value is -2.15. The van der Waals surface area contributed by atoms with Crippen molar-refractivity contribution in [3.8, 4) is 5.75 Å². The summed E-state index contributed by atoms with van der Waals surface area (Å²) in [5, 5.41) is 12.2. The van der Waals surface area contributed by atoms with Crippen LogP contribution in [0, 0.1) is 11.7 Å². The number of benzene rings is 2. The Balaban J connectivity index is 1.75. The fourth-order valence-electron chi connectivity index (χ4n) is 2.14. The lowest BCUT2D eigenvalue weighted by molar-refractivity contribution is 0.306. The van der Waals surface area contributed by atoms with Crippen LogP contribution in [0.25, 0.3) is 0 Å². The molecular formula is C17H14Cl2N4OS. The van der Waals surface area contributed by atoms with Gasteiger partial charge < -0.3 is 4.74 Å². The lowest BCUT2D eigenvalue weighted by Gasteiger charge is -2.09. The van der Waals surface area contributed by atoms with E-state index in [4.69, 9.17) is 40.2 Å². The summed E-state index contributed by atoms with van der Waals surface area (Å²) in [5.74, 6) is 1.37. The van der Waals surface area contributed by atoms with Gasteiger partial charge in [-0.25, -0.2) is 0 Å². The van der Waals surface area contributed by atoms with E-state index in [1.807, 2.05) is 31.2 Å². The standard InChI is InChI=1S/C17H14Cl2N4OS/c1-11-21-22-17(25)23(11)20-9-12-4-2-5-13(8-12)24-10-14-15(18)6-3-7-16(14)19/h2-9H,10H2,1H3,(H,22,25)/b20-9+. The summed E-state index contributed by atoms with van der Waals surface area (Å²) in [6, 6.07) is 12.9. The number of rotatable bonds is 5. The van der Waals surface area contributed by atoms with Crippen molar-refractivity contribution in [3.05, 3.63) is 74.2 Å². The minimum absolute atomic E-state index is 0.283. The molecule has 0 spiro atoms. The van der Waals surface area contributed by atoms with Gasteiger partial charge in [0, 0.05) is 15.6 Å². The molecule has 1 heterocycles. The summed E-state index contributed by atoms with van der Waals surface area (Å²) >= 11 is 17.4. The summed E-state index contributed by atoms with van der Waals surface area (Å²) < 4.78 is 7.79. The molecule has 0 fully saturated rings. The molecule has 0 aliphatic carbocycles. The van der Waals surface area contributed by atoms with E-state index in [0.29, 0.717) is 26.4 Å². The number of nitrogens with one attached hydrogen (secondary N) is 1. The zero-order valence-electron chi connectivity index (χ0n) is 13.2. The zero-order chi connectivity index (χ0) is 17.8. The highest BCUT2D eigenvalue weighted by molar-refractivity contribution is 7.71. The maximum absolute atomic E-state index is 6.16. The monoisotopic (exact) mass is 392 g/mol. The molecule has 1 aromatic heterocycles. The maximum atomic E-state index is 6.16. The van der Waals surface area contributed by atoms with Gasteiger partial charge in [-0.2, -0.15) is 14.9 Å². The van der Waals surface area contributed by atoms with Gasteiger partial charge >= 0.3 is 0 Å². The molecule has 128 valence electrons. The lowest BCUT2D eigenvalue weighted by atomic mass is 10.2. The first-order valence-electron chi connectivity index (χ1n) is 7.39. The van der Waals surface area contributed by atoms with Crippen LogP contribution in [0.3, 0.4) is 0 Å². The van der Waals surface area contributed by atoms with Gasteiger partial charge in [0.15, 0.2) is 0 Å². The topological polar surface area (TPSA) is 55.2 Å². The summed E-state index contributed by atoms with van der Waals surface area (Å²) in [6.07, 6.45) is 1.69. The molecule has 0 amide bonds. The van der Waals surface area contributed by atoms with Gasteiger partial charge in [0.05, 0.1) is 6.21 Å². The number of aromatic amines is 1. The predicted octanol–water partition coefficient (Wildman–Crippen LogP) is 5.02. The summed E-state index contributed by atoms with van der Waals surface area (Å²) in [5.41, 5.74) is 1.62. The fourth-order valence-corrected chi connectivity index (χ4v) is 2.87. The lowest BCUT2D eigenvalue weighted by Crippen LogP contribution is -1.98. The number of nitrogens with zero attached hydrogens (tertiary/aromatic N) is 3. The Kier molecular flexibility index (Phi) is 5.53. The molecule has 8 heteroatoms. The molecule has 0 saturated heterocycles. The molecule has 3 aromatic rings. The van der Waals surface area contributed by atoms with Crippen molar-refractivity contribution in [2.45, 2.75) is 13.5 Å². The zero-order valence-corrected chi connectivity index (χ0v) is 15.6. The van der Waals surface area contributed by atoms with Gasteiger partial charge in [0.2, 0.25) is 4.77 Å². The van der Waals surface area contributed by atoms with Crippen LogP contribution in [-0.4, -0.2) is 21.1 Å². The molecule has 0 atom stereocenters. The van der Waals surface area contributed by atoms with Crippen molar-refractivity contribution in [3.63, 3.8) is 0 Å². The van der Waals surface area contributed by atoms with Crippen molar-refractivity contribution in [1.29, 1.82) is 0 Å². The third-order valence-corrected chi connectivity index (χ3v) is 4.41. The van der Waals surface area contributed by atoms with Crippen LogP contribution in [0.4, 0.5) is 0 Å². The SMILES string of the molecule is Cc1n[nH]c(=S)n1/N=C/c1cccc(OCc2c(Cl)cccc2Cl)c1. The molecule has 0 saturated carbocycles. The Morgan fingerprint density at radius 3 is 2.64 bits per heavy atom. The fraction of sp³-hybridized carbons (Fsp3) is 0.118. The molecule has 0 aliphatic rings. The normalized spacial score (nSPS) is 11.2. The van der Waals surface area contributed by atoms with Crippen molar-refractivity contribution >= 4 is 41.6 Å². The van der Waals surface area contributed by atoms with Crippen molar-refractivity contribution in [2.24, 2.45) is 5.10 Å². The molecule has 2 aromatic carbocycles. The molecule has 0 radical (unpaired) electrons. The van der Waals surface area contributed by atoms with E-state index in [-0.39, 0.29) is 6.61 Å². The van der Waals surface area contributed by atoms with E-state index in [1.54, 1.807) is 29.1 Å². The minimum atomic E-state index is 0.283. The van der Waals surface area contributed by atoms with Gasteiger partial charge in [0.25, 0.3) is 0 Å². The Morgan fingerprint density at radius 1 is 1.24 bits per heavy atom. The second-order valence-electron chi connectivity index (χ2n) is 5.19. The molecule has 0 unspecified atom stereocenters. The number of H-pyrrole nitrogens is 1. The van der Waals surface area contributed by atoms with Gasteiger partial charge in [0.1, 0.15) is 18.2 Å². The summed E-state index contributed by atoms with van der Waals surface area (Å²) in [7, 11) is 0. The van der Waals surface area contributed by atoms with Gasteiger partial charge in [-0.05, 0) is 49.0 Å². The quantitative estimate of drug-likeness (QED) is 0.489. The van der Waals surface area contributed by atoms with E-state index in [1.165, 1.54) is 0 Å². The van der Waals surface area contributed by atoms with Crippen LogP contribution < -0.4 is 4.74 Å². The molecule has 3 rings (SSSR count). The summed E-state index contributed by atoms with van der Waals surface area (Å²) in [6.45, 7) is 2.10. The first-order valence-corrected chi connectivity index (χ1v) is 8.55. The van der Waals surface area contributed by atoms with E-state index < -0.39 is 0 Å². The Labute approximate surface area is 159 Å². The second-order valence-corrected chi connectivity index (χ2v) is 6.39. The third kappa shape index (κ3) is 4.28. The number of halogens is 2. The molecular weight excluding hydrogens is 379 g/mol. The average molecular weight is 393 g/mol. The first kappa shape index (κ1) is 17.7. The third-order valence-electron chi connectivity index (χ3n) is 3.44. The highest BCUT2D eigenvalue weighted by Crippen LogP contribution is 2.26. The molecule has 5 nitrogen and oxygen atoms in total. The van der Waals surface area contributed by atoms with E-state index in [2.05, 4.69) is 15.3 Å². The average Bonchev–Trinajstić information content (AvgIpc) is 2.91. The number of aryl methyl sites for hydroxylation is 1. The van der Waals surface area contributed by atoms with E-state index >= 15 is 0 Å². The molecule has 0 aliphatic heterocycles. The van der Waals surface area contributed by atoms with Crippen LogP contribution in [-0.2, 0) is 6.61 Å². The van der Waals surface area contributed by atoms with Gasteiger partial charge in [-0.1, -0.05) is 41.4 Å². The molecule has 1 N–H and O–H groups in total.